The van der Waals surface area contributed by atoms with Gasteiger partial charge in [-0.3, -0.25) is 9.97 Å². The average molecular weight is 535 g/mol. The van der Waals surface area contributed by atoms with Crippen molar-refractivity contribution < 1.29 is 4.39 Å². The molecule has 4 N–H and O–H groups in total. The molecular formula is C33H35FN6. The molecule has 1 saturated carbocycles. The van der Waals surface area contributed by atoms with E-state index in [0.29, 0.717) is 28.6 Å². The molecule has 3 heterocycles. The van der Waals surface area contributed by atoms with E-state index < -0.39 is 5.83 Å². The number of terminal acetylenes is 1. The third kappa shape index (κ3) is 6.91. The van der Waals surface area contributed by atoms with Crippen LogP contribution < -0.4 is 11.1 Å². The van der Waals surface area contributed by atoms with Gasteiger partial charge in [-0.1, -0.05) is 38.0 Å². The van der Waals surface area contributed by atoms with Gasteiger partial charge in [0.05, 0.1) is 17.2 Å². The van der Waals surface area contributed by atoms with Crippen LogP contribution in [0.1, 0.15) is 32.5 Å². The van der Waals surface area contributed by atoms with Gasteiger partial charge >= 0.3 is 0 Å². The van der Waals surface area contributed by atoms with Crippen molar-refractivity contribution in [2.45, 2.75) is 33.1 Å². The maximum Gasteiger partial charge on any atom is 0.136 e. The van der Waals surface area contributed by atoms with E-state index in [1.165, 1.54) is 0 Å². The van der Waals surface area contributed by atoms with Gasteiger partial charge in [-0.05, 0) is 56.4 Å². The fourth-order valence-electron chi connectivity index (χ4n) is 4.14. The largest absolute Gasteiger partial charge is 0.399 e. The van der Waals surface area contributed by atoms with Crippen molar-refractivity contribution in [3.8, 4) is 24.0 Å². The highest BCUT2D eigenvalue weighted by atomic mass is 19.1. The summed E-state index contributed by atoms with van der Waals surface area (Å²) < 4.78 is 16.0. The van der Waals surface area contributed by atoms with Gasteiger partial charge in [0.15, 0.2) is 0 Å². The van der Waals surface area contributed by atoms with Crippen LogP contribution in [0.3, 0.4) is 0 Å². The van der Waals surface area contributed by atoms with Crippen molar-refractivity contribution in [1.82, 2.24) is 25.3 Å². The Labute approximate surface area is 235 Å². The number of rotatable bonds is 11. The number of pyridine rings is 2. The second-order valence-electron chi connectivity index (χ2n) is 9.17. The molecule has 40 heavy (non-hydrogen) atoms. The molecule has 0 unspecified atom stereocenters. The second-order valence-corrected chi connectivity index (χ2v) is 9.17. The molecule has 0 atom stereocenters. The molecule has 1 fully saturated rings. The molecule has 3 aromatic rings. The Kier molecular flexibility index (Phi) is 10.2. The second kappa shape index (κ2) is 13.7. The maximum atomic E-state index is 16.0. The highest BCUT2D eigenvalue weighted by Gasteiger charge is 2.25. The quantitative estimate of drug-likeness (QED) is 0.182. The van der Waals surface area contributed by atoms with Crippen molar-refractivity contribution in [3.63, 3.8) is 0 Å². The maximum absolute atomic E-state index is 16.0. The van der Waals surface area contributed by atoms with E-state index in [0.717, 1.165) is 46.4 Å². The zero-order chi connectivity index (χ0) is 29.2. The number of allylic oxidation sites excluding steroid dienone is 9. The van der Waals surface area contributed by atoms with Gasteiger partial charge < -0.3 is 16.0 Å². The van der Waals surface area contributed by atoms with E-state index in [9.17, 15) is 0 Å². The lowest BCUT2D eigenvalue weighted by Crippen LogP contribution is -2.12. The van der Waals surface area contributed by atoms with Gasteiger partial charge in [0.2, 0.25) is 0 Å². The molecule has 0 saturated heterocycles. The summed E-state index contributed by atoms with van der Waals surface area (Å²) in [6.45, 7) is 15.7. The van der Waals surface area contributed by atoms with Gasteiger partial charge in [0, 0.05) is 64.4 Å². The number of aromatic amines is 1. The molecule has 204 valence electrons. The number of nitrogens with two attached hydrogens (primary N) is 1. The molecule has 1 aliphatic rings. The molecule has 6 nitrogen and oxygen atoms in total. The first-order chi connectivity index (χ1) is 19.4. The summed E-state index contributed by atoms with van der Waals surface area (Å²) in [4.78, 5) is 16.6. The molecule has 7 heteroatoms. The lowest BCUT2D eigenvalue weighted by atomic mass is 9.98. The zero-order valence-electron chi connectivity index (χ0n) is 23.0. The third-order valence-electron chi connectivity index (χ3n) is 6.51. The molecule has 0 spiro atoms. The van der Waals surface area contributed by atoms with Gasteiger partial charge in [-0.15, -0.1) is 12.8 Å². The van der Waals surface area contributed by atoms with Crippen molar-refractivity contribution in [1.29, 1.82) is 0 Å². The number of aromatic nitrogens is 4. The Bertz CT molecular complexity index is 1550. The van der Waals surface area contributed by atoms with Crippen LogP contribution in [-0.2, 0) is 6.42 Å². The number of imidazole rings is 1. The summed E-state index contributed by atoms with van der Waals surface area (Å²) >= 11 is 0. The van der Waals surface area contributed by atoms with Crippen LogP contribution >= 0.6 is 0 Å². The Hall–Kier alpha value is -4.96. The fourth-order valence-corrected chi connectivity index (χ4v) is 4.14. The first-order valence-electron chi connectivity index (χ1n) is 12.9. The van der Waals surface area contributed by atoms with Crippen molar-refractivity contribution in [2.75, 3.05) is 0 Å². The van der Waals surface area contributed by atoms with Crippen LogP contribution in [0.2, 0.25) is 0 Å². The highest BCUT2D eigenvalue weighted by molar-refractivity contribution is 5.90. The number of fused-ring (bicyclic) bond motifs is 1. The monoisotopic (exact) mass is 534 g/mol. The summed E-state index contributed by atoms with van der Waals surface area (Å²) in [7, 11) is 0. The molecule has 0 aromatic carbocycles. The van der Waals surface area contributed by atoms with Crippen molar-refractivity contribution >= 4 is 11.0 Å². The lowest BCUT2D eigenvalue weighted by molar-refractivity contribution is 0.638. The number of hydrogen-bond donors (Lipinski definition) is 3. The van der Waals surface area contributed by atoms with E-state index >= 15 is 4.39 Å². The fraction of sp³-hybridized carbons (Fsp3) is 0.182. The molecule has 0 bridgehead atoms. The average Bonchev–Trinajstić information content (AvgIpc) is 3.77. The Morgan fingerprint density at radius 2 is 1.93 bits per heavy atom. The minimum atomic E-state index is -0.500. The van der Waals surface area contributed by atoms with Gasteiger partial charge in [-0.2, -0.15) is 0 Å². The Morgan fingerprint density at radius 3 is 2.52 bits per heavy atom. The summed E-state index contributed by atoms with van der Waals surface area (Å²) in [6, 6.07) is 3.81. The molecule has 0 amide bonds. The molecule has 0 radical (unpaired) electrons. The standard InChI is InChI=1S/C31H33FN6.C2H2/c1-6-21(14-24(7-2)36-20(5)22-11-12-22)19(4)30(32)25(27(33)8-3)15-29-37-28-18-35-17-26(31(28)38-29)23-10-9-13-34-16-23;1-2/h6-10,13-14,16-18,22,36H,2,4-5,11-12,15,33H2,1,3H3,(H,37,38);1-2H/b21-6+,24-14+,27-8+,30-25+;. The topological polar surface area (TPSA) is 92.5 Å². The van der Waals surface area contributed by atoms with Gasteiger partial charge in [0.25, 0.3) is 0 Å². The predicted molar refractivity (Wildman–Crippen MR) is 163 cm³/mol. The Balaban J connectivity index is 0.00000216. The van der Waals surface area contributed by atoms with Crippen molar-refractivity contribution in [3.05, 3.63) is 126 Å². The highest BCUT2D eigenvalue weighted by Crippen LogP contribution is 2.35. The molecular weight excluding hydrogens is 499 g/mol. The van der Waals surface area contributed by atoms with E-state index in [4.69, 9.17) is 10.7 Å². The number of nitrogens with one attached hydrogen (secondary N) is 2. The summed E-state index contributed by atoms with van der Waals surface area (Å²) in [5.41, 5.74) is 12.6. The predicted octanol–water partition coefficient (Wildman–Crippen LogP) is 6.98. The van der Waals surface area contributed by atoms with E-state index in [-0.39, 0.29) is 12.0 Å². The molecule has 1 aliphatic carbocycles. The third-order valence-corrected chi connectivity index (χ3v) is 6.51. The number of hydrogen-bond acceptors (Lipinski definition) is 5. The SMILES string of the molecule is C#C.C=C/C(=C\C(=C/C)C(=C)/C(F)=C(Cc1nc2c(-c3cccnc3)cncc2[nH]1)\C(N)=C/C)NC(=C)C1CC1. The van der Waals surface area contributed by atoms with Crippen LogP contribution in [0.25, 0.3) is 22.2 Å². The number of halogens is 1. The summed E-state index contributed by atoms with van der Waals surface area (Å²) in [5.74, 6) is 0.541. The first-order valence-corrected chi connectivity index (χ1v) is 12.9. The lowest BCUT2D eigenvalue weighted by Gasteiger charge is -2.14. The van der Waals surface area contributed by atoms with E-state index in [1.807, 2.05) is 31.2 Å². The number of H-pyrrole nitrogens is 1. The minimum absolute atomic E-state index is 0.147. The van der Waals surface area contributed by atoms with Gasteiger partial charge in [0.1, 0.15) is 11.7 Å². The van der Waals surface area contributed by atoms with Crippen LogP contribution in [0.5, 0.6) is 0 Å². The smallest absolute Gasteiger partial charge is 0.136 e. The van der Waals surface area contributed by atoms with E-state index in [1.54, 1.807) is 43.9 Å². The van der Waals surface area contributed by atoms with Crippen LogP contribution in [0, 0.1) is 18.8 Å². The van der Waals surface area contributed by atoms with E-state index in [2.05, 4.69) is 52.9 Å². The molecule has 0 aliphatic heterocycles. The molecule has 4 rings (SSSR count). The zero-order valence-corrected chi connectivity index (χ0v) is 23.0. The first kappa shape index (κ1) is 29.6. The molecule has 3 aromatic heterocycles. The summed E-state index contributed by atoms with van der Waals surface area (Å²) in [5, 5.41) is 3.29. The number of nitrogens with zero attached hydrogens (tertiary/aromatic N) is 3. The van der Waals surface area contributed by atoms with Crippen LogP contribution in [0.4, 0.5) is 4.39 Å². The Morgan fingerprint density at radius 1 is 1.18 bits per heavy atom. The van der Waals surface area contributed by atoms with Crippen LogP contribution in [-0.4, -0.2) is 19.9 Å². The van der Waals surface area contributed by atoms with Gasteiger partial charge in [-0.25, -0.2) is 9.37 Å². The minimum Gasteiger partial charge on any atom is -0.399 e. The summed E-state index contributed by atoms with van der Waals surface area (Å²) in [6.07, 6.45) is 24.3. The van der Waals surface area contributed by atoms with Crippen molar-refractivity contribution in [2.24, 2.45) is 11.7 Å². The van der Waals surface area contributed by atoms with Crippen LogP contribution in [0.15, 0.2) is 121 Å². The normalized spacial score (nSPS) is 14.6.